The largest absolute Gasteiger partial charge is 0.357 e. The summed E-state index contributed by atoms with van der Waals surface area (Å²) in [6.45, 7) is 8.53. The van der Waals surface area contributed by atoms with E-state index in [1.54, 1.807) is 4.90 Å². The first-order valence-electron chi connectivity index (χ1n) is 9.41. The van der Waals surface area contributed by atoms with E-state index in [1.165, 1.54) is 12.8 Å². The van der Waals surface area contributed by atoms with E-state index in [2.05, 4.69) is 29.1 Å². The SMILES string of the molecule is CCNC(=NCCC(=O)N(C)Cc1ccccc1)N1CCC(C)CC1. The lowest BCUT2D eigenvalue weighted by Crippen LogP contribution is -2.45. The van der Waals surface area contributed by atoms with Crippen LogP contribution in [-0.4, -0.2) is 54.9 Å². The van der Waals surface area contributed by atoms with Crippen LogP contribution in [0.4, 0.5) is 0 Å². The van der Waals surface area contributed by atoms with Gasteiger partial charge in [0.05, 0.1) is 6.54 Å². The quantitative estimate of drug-likeness (QED) is 0.638. The first-order chi connectivity index (χ1) is 12.1. The van der Waals surface area contributed by atoms with Crippen LogP contribution in [0.1, 0.15) is 38.7 Å². The number of hydrogen-bond donors (Lipinski definition) is 1. The summed E-state index contributed by atoms with van der Waals surface area (Å²) in [7, 11) is 1.86. The summed E-state index contributed by atoms with van der Waals surface area (Å²) in [4.78, 5) is 21.1. The monoisotopic (exact) mass is 344 g/mol. The molecule has 1 saturated heterocycles. The number of benzene rings is 1. The number of guanidine groups is 1. The van der Waals surface area contributed by atoms with Gasteiger partial charge in [-0.3, -0.25) is 9.79 Å². The fraction of sp³-hybridized carbons (Fsp3) is 0.600. The number of nitrogens with zero attached hydrogens (tertiary/aromatic N) is 3. The zero-order chi connectivity index (χ0) is 18.1. The van der Waals surface area contributed by atoms with Gasteiger partial charge in [-0.25, -0.2) is 0 Å². The smallest absolute Gasteiger partial charge is 0.224 e. The lowest BCUT2D eigenvalue weighted by Gasteiger charge is -2.33. The maximum absolute atomic E-state index is 12.3. The zero-order valence-electron chi connectivity index (χ0n) is 15.9. The van der Waals surface area contributed by atoms with Gasteiger partial charge in [-0.2, -0.15) is 0 Å². The summed E-state index contributed by atoms with van der Waals surface area (Å²) >= 11 is 0. The van der Waals surface area contributed by atoms with E-state index in [0.29, 0.717) is 19.5 Å². The molecule has 2 rings (SSSR count). The minimum Gasteiger partial charge on any atom is -0.357 e. The van der Waals surface area contributed by atoms with Crippen molar-refractivity contribution in [2.45, 2.75) is 39.7 Å². The van der Waals surface area contributed by atoms with Crippen molar-refractivity contribution in [2.24, 2.45) is 10.9 Å². The molecular formula is C20H32N4O. The average molecular weight is 345 g/mol. The van der Waals surface area contributed by atoms with E-state index < -0.39 is 0 Å². The van der Waals surface area contributed by atoms with Crippen molar-refractivity contribution in [3.8, 4) is 0 Å². The summed E-state index contributed by atoms with van der Waals surface area (Å²) in [6, 6.07) is 10.1. The molecule has 0 atom stereocenters. The van der Waals surface area contributed by atoms with E-state index in [9.17, 15) is 4.79 Å². The number of carbonyl (C=O) groups is 1. The number of hydrogen-bond acceptors (Lipinski definition) is 2. The molecule has 138 valence electrons. The number of piperidine rings is 1. The Morgan fingerprint density at radius 3 is 2.60 bits per heavy atom. The minimum absolute atomic E-state index is 0.135. The molecule has 0 radical (unpaired) electrons. The Morgan fingerprint density at radius 2 is 1.96 bits per heavy atom. The molecule has 1 aromatic carbocycles. The van der Waals surface area contributed by atoms with Crippen LogP contribution in [0, 0.1) is 5.92 Å². The topological polar surface area (TPSA) is 47.9 Å². The molecule has 0 spiro atoms. The zero-order valence-corrected chi connectivity index (χ0v) is 15.9. The van der Waals surface area contributed by atoms with Crippen molar-refractivity contribution >= 4 is 11.9 Å². The van der Waals surface area contributed by atoms with Gasteiger partial charge in [0.25, 0.3) is 0 Å². The number of amides is 1. The van der Waals surface area contributed by atoms with Gasteiger partial charge >= 0.3 is 0 Å². The average Bonchev–Trinajstić information content (AvgIpc) is 2.62. The Hall–Kier alpha value is -2.04. The van der Waals surface area contributed by atoms with Crippen molar-refractivity contribution in [3.63, 3.8) is 0 Å². The summed E-state index contributed by atoms with van der Waals surface area (Å²) in [5, 5.41) is 3.36. The van der Waals surface area contributed by atoms with Crippen molar-refractivity contribution in [2.75, 3.05) is 33.2 Å². The number of rotatable bonds is 6. The fourth-order valence-electron chi connectivity index (χ4n) is 3.04. The summed E-state index contributed by atoms with van der Waals surface area (Å²) < 4.78 is 0. The first kappa shape index (κ1) is 19.3. The van der Waals surface area contributed by atoms with Crippen LogP contribution in [0.15, 0.2) is 35.3 Å². The molecule has 0 aliphatic carbocycles. The number of carbonyl (C=O) groups excluding carboxylic acids is 1. The van der Waals surface area contributed by atoms with Gasteiger partial charge in [0.15, 0.2) is 5.96 Å². The van der Waals surface area contributed by atoms with Gasteiger partial charge in [0, 0.05) is 39.6 Å². The molecular weight excluding hydrogens is 312 g/mol. The minimum atomic E-state index is 0.135. The lowest BCUT2D eigenvalue weighted by atomic mass is 10.00. The molecule has 1 aromatic rings. The second-order valence-corrected chi connectivity index (χ2v) is 6.89. The molecule has 5 nitrogen and oxygen atoms in total. The molecule has 0 aromatic heterocycles. The maximum Gasteiger partial charge on any atom is 0.224 e. The van der Waals surface area contributed by atoms with Crippen LogP contribution in [-0.2, 0) is 11.3 Å². The second kappa shape index (κ2) is 10.1. The third kappa shape index (κ3) is 6.40. The number of nitrogens with one attached hydrogen (secondary N) is 1. The van der Waals surface area contributed by atoms with Crippen molar-refractivity contribution in [1.82, 2.24) is 15.1 Å². The third-order valence-electron chi connectivity index (χ3n) is 4.69. The Morgan fingerprint density at radius 1 is 1.28 bits per heavy atom. The molecule has 1 fully saturated rings. The lowest BCUT2D eigenvalue weighted by molar-refractivity contribution is -0.130. The Kier molecular flexibility index (Phi) is 7.76. The number of likely N-dealkylation sites (tertiary alicyclic amines) is 1. The van der Waals surface area contributed by atoms with Gasteiger partial charge in [-0.15, -0.1) is 0 Å². The normalized spacial score (nSPS) is 16.0. The molecule has 1 N–H and O–H groups in total. The van der Waals surface area contributed by atoms with Crippen molar-refractivity contribution in [1.29, 1.82) is 0 Å². The molecule has 1 amide bonds. The van der Waals surface area contributed by atoms with Crippen LogP contribution in [0.2, 0.25) is 0 Å². The van der Waals surface area contributed by atoms with Crippen LogP contribution in [0.3, 0.4) is 0 Å². The Bertz CT molecular complexity index is 550. The first-order valence-corrected chi connectivity index (χ1v) is 9.41. The van der Waals surface area contributed by atoms with E-state index in [1.807, 2.05) is 37.4 Å². The van der Waals surface area contributed by atoms with Gasteiger partial charge in [-0.1, -0.05) is 37.3 Å². The van der Waals surface area contributed by atoms with E-state index in [4.69, 9.17) is 0 Å². The van der Waals surface area contributed by atoms with Gasteiger partial charge in [0.2, 0.25) is 5.91 Å². The van der Waals surface area contributed by atoms with Crippen molar-refractivity contribution < 1.29 is 4.79 Å². The Labute approximate surface area is 152 Å². The molecule has 25 heavy (non-hydrogen) atoms. The van der Waals surface area contributed by atoms with Gasteiger partial charge in [0.1, 0.15) is 0 Å². The molecule has 1 aliphatic rings. The summed E-state index contributed by atoms with van der Waals surface area (Å²) in [6.07, 6.45) is 2.87. The highest BCUT2D eigenvalue weighted by Gasteiger charge is 2.18. The van der Waals surface area contributed by atoms with Crippen LogP contribution < -0.4 is 5.32 Å². The standard InChI is InChI=1S/C20H32N4O/c1-4-21-20(24-14-11-17(2)12-15-24)22-13-10-19(25)23(3)16-18-8-6-5-7-9-18/h5-9,17H,4,10-16H2,1-3H3,(H,21,22). The van der Waals surface area contributed by atoms with Crippen LogP contribution >= 0.6 is 0 Å². The van der Waals surface area contributed by atoms with E-state index in [-0.39, 0.29) is 5.91 Å². The highest BCUT2D eigenvalue weighted by molar-refractivity contribution is 5.81. The van der Waals surface area contributed by atoms with Crippen molar-refractivity contribution in [3.05, 3.63) is 35.9 Å². The van der Waals surface area contributed by atoms with Crippen LogP contribution in [0.5, 0.6) is 0 Å². The summed E-state index contributed by atoms with van der Waals surface area (Å²) in [5.74, 6) is 1.89. The second-order valence-electron chi connectivity index (χ2n) is 6.89. The third-order valence-corrected chi connectivity index (χ3v) is 4.69. The highest BCUT2D eigenvalue weighted by atomic mass is 16.2. The van der Waals surface area contributed by atoms with Gasteiger partial charge in [-0.05, 0) is 31.2 Å². The predicted octanol–water partition coefficient (Wildman–Crippen LogP) is 2.73. The maximum atomic E-state index is 12.3. The Balaban J connectivity index is 1.82. The molecule has 1 heterocycles. The van der Waals surface area contributed by atoms with Crippen LogP contribution in [0.25, 0.3) is 0 Å². The van der Waals surface area contributed by atoms with E-state index in [0.717, 1.165) is 37.1 Å². The predicted molar refractivity (Wildman–Crippen MR) is 103 cm³/mol. The molecule has 0 unspecified atom stereocenters. The fourth-order valence-corrected chi connectivity index (χ4v) is 3.04. The van der Waals surface area contributed by atoms with Gasteiger partial charge < -0.3 is 15.1 Å². The molecule has 0 saturated carbocycles. The summed E-state index contributed by atoms with van der Waals surface area (Å²) in [5.41, 5.74) is 1.15. The highest BCUT2D eigenvalue weighted by Crippen LogP contribution is 2.16. The molecule has 1 aliphatic heterocycles. The number of aliphatic imine (C=N–C) groups is 1. The van der Waals surface area contributed by atoms with E-state index >= 15 is 0 Å². The molecule has 5 heteroatoms. The molecule has 0 bridgehead atoms.